The van der Waals surface area contributed by atoms with Crippen LogP contribution in [0.1, 0.15) is 12.2 Å². The predicted octanol–water partition coefficient (Wildman–Crippen LogP) is 2.75. The lowest BCUT2D eigenvalue weighted by Crippen LogP contribution is -2.35. The second kappa shape index (κ2) is 8.71. The molecule has 4 aromatic rings. The average molecular weight is 500 g/mol. The number of carbonyl (C=O) groups excluding carboxylic acids is 1. The maximum Gasteiger partial charge on any atom is 0.408 e. The van der Waals surface area contributed by atoms with Crippen LogP contribution in [0.2, 0.25) is 0 Å². The van der Waals surface area contributed by atoms with E-state index in [9.17, 15) is 23.1 Å². The molecule has 0 aliphatic carbocycles. The first-order valence-electron chi connectivity index (χ1n) is 10.7. The maximum atomic E-state index is 12.6. The Balaban J connectivity index is 1.36. The van der Waals surface area contributed by atoms with Gasteiger partial charge in [0.15, 0.2) is 5.76 Å². The number of aromatic nitrogens is 6. The molecule has 5 heterocycles. The van der Waals surface area contributed by atoms with E-state index >= 15 is 0 Å². The van der Waals surface area contributed by atoms with Crippen molar-refractivity contribution in [3.63, 3.8) is 0 Å². The predicted molar refractivity (Wildman–Crippen MR) is 118 cm³/mol. The zero-order valence-electron chi connectivity index (χ0n) is 18.8. The summed E-state index contributed by atoms with van der Waals surface area (Å²) in [7, 11) is 1.60. The number of likely N-dealkylation sites (tertiary alicyclic amines) is 1. The van der Waals surface area contributed by atoms with Gasteiger partial charge in [0, 0.05) is 38.5 Å². The molecule has 0 saturated carbocycles. The van der Waals surface area contributed by atoms with Crippen molar-refractivity contribution in [2.75, 3.05) is 18.9 Å². The van der Waals surface area contributed by atoms with Crippen LogP contribution >= 0.6 is 0 Å². The van der Waals surface area contributed by atoms with Crippen molar-refractivity contribution in [3.05, 3.63) is 54.7 Å². The Morgan fingerprint density at radius 1 is 1.17 bits per heavy atom. The van der Waals surface area contributed by atoms with Crippen molar-refractivity contribution in [2.45, 2.75) is 24.7 Å². The first kappa shape index (κ1) is 23.4. The highest BCUT2D eigenvalue weighted by molar-refractivity contribution is 5.87. The van der Waals surface area contributed by atoms with Crippen LogP contribution in [-0.4, -0.2) is 65.6 Å². The van der Waals surface area contributed by atoms with E-state index in [0.29, 0.717) is 35.0 Å². The number of aliphatic hydroxyl groups is 1. The molecule has 5 rings (SSSR count). The van der Waals surface area contributed by atoms with Crippen molar-refractivity contribution in [2.24, 2.45) is 0 Å². The number of pyridine rings is 1. The van der Waals surface area contributed by atoms with Gasteiger partial charge in [-0.1, -0.05) is 11.2 Å². The van der Waals surface area contributed by atoms with Crippen LogP contribution in [0.15, 0.2) is 53.4 Å². The normalized spacial score (nSPS) is 18.1. The van der Waals surface area contributed by atoms with E-state index in [-0.39, 0.29) is 18.1 Å². The number of hydrogen-bond acceptors (Lipinski definition) is 9. The molecule has 1 fully saturated rings. The molecule has 36 heavy (non-hydrogen) atoms. The van der Waals surface area contributed by atoms with Gasteiger partial charge in [-0.05, 0) is 18.2 Å². The molecule has 11 nitrogen and oxygen atoms in total. The number of nitrogens with one attached hydrogen (secondary N) is 1. The number of anilines is 2. The third-order valence-corrected chi connectivity index (χ3v) is 5.59. The number of nitrogens with zero attached hydrogens (tertiary/aromatic N) is 7. The Morgan fingerprint density at radius 2 is 1.92 bits per heavy atom. The number of likely N-dealkylation sites (N-methyl/N-ethyl adjacent to an activating group) is 1. The molecule has 186 valence electrons. The van der Waals surface area contributed by atoms with E-state index in [2.05, 4.69) is 30.5 Å². The van der Waals surface area contributed by atoms with Crippen LogP contribution in [0.5, 0.6) is 0 Å². The maximum absolute atomic E-state index is 12.6. The van der Waals surface area contributed by atoms with Crippen LogP contribution in [-0.2, 0) is 16.9 Å². The van der Waals surface area contributed by atoms with Gasteiger partial charge in [0.1, 0.15) is 12.2 Å². The zero-order chi connectivity index (χ0) is 25.5. The van der Waals surface area contributed by atoms with Crippen molar-refractivity contribution in [1.29, 1.82) is 0 Å². The molecule has 1 aliphatic heterocycles. The highest BCUT2D eigenvalue weighted by Crippen LogP contribution is 2.34. The Morgan fingerprint density at radius 3 is 2.64 bits per heavy atom. The molecule has 4 aromatic heterocycles. The molecule has 0 bridgehead atoms. The van der Waals surface area contributed by atoms with Gasteiger partial charge in [-0.15, -0.1) is 0 Å². The number of alkyl halides is 3. The number of halogens is 3. The van der Waals surface area contributed by atoms with Gasteiger partial charge < -0.3 is 19.8 Å². The number of hydrogen-bond donors (Lipinski definition) is 2. The average Bonchev–Trinajstić information content (AvgIpc) is 3.56. The van der Waals surface area contributed by atoms with Gasteiger partial charge >= 0.3 is 6.18 Å². The minimum atomic E-state index is -4.39. The lowest BCUT2D eigenvalue weighted by molar-refractivity contribution is -0.145. The molecule has 0 radical (unpaired) electrons. The highest BCUT2D eigenvalue weighted by Gasteiger charge is 2.48. The summed E-state index contributed by atoms with van der Waals surface area (Å²) < 4.78 is 43.7. The molecule has 1 atom stereocenters. The third kappa shape index (κ3) is 4.62. The number of carbonyl (C=O) groups is 1. The van der Waals surface area contributed by atoms with Crippen molar-refractivity contribution in [1.82, 2.24) is 34.8 Å². The summed E-state index contributed by atoms with van der Waals surface area (Å²) in [6.45, 7) is -0.815. The summed E-state index contributed by atoms with van der Waals surface area (Å²) in [4.78, 5) is 26.8. The standard InChI is InChI=1S/C22H19F3N8O3/c1-32-8-6-21(35,19(32)34)18-9-17(31-36-18)15-4-2-3-14(29-15)16-5-7-26-20(30-16)28-13-10-27-33(11-13)12-22(23,24)25/h2-5,7,9-11,35H,6,8,12H2,1H3,(H,26,28,30). The van der Waals surface area contributed by atoms with Gasteiger partial charge in [0.25, 0.3) is 5.91 Å². The monoisotopic (exact) mass is 500 g/mol. The minimum Gasteiger partial charge on any atom is -0.373 e. The second-order valence-electron chi connectivity index (χ2n) is 8.25. The topological polar surface area (TPSA) is 135 Å². The number of rotatable bonds is 6. The van der Waals surface area contributed by atoms with Gasteiger partial charge in [-0.3, -0.25) is 9.48 Å². The van der Waals surface area contributed by atoms with Crippen LogP contribution in [0.3, 0.4) is 0 Å². The van der Waals surface area contributed by atoms with Crippen LogP contribution in [0.25, 0.3) is 22.8 Å². The van der Waals surface area contributed by atoms with Crippen LogP contribution < -0.4 is 5.32 Å². The number of amides is 1. The molecule has 0 spiro atoms. The van der Waals surface area contributed by atoms with Gasteiger partial charge in [-0.25, -0.2) is 15.0 Å². The van der Waals surface area contributed by atoms with E-state index in [1.165, 1.54) is 29.6 Å². The van der Waals surface area contributed by atoms with E-state index in [4.69, 9.17) is 4.52 Å². The highest BCUT2D eigenvalue weighted by atomic mass is 19.4. The Hall–Kier alpha value is -4.33. The lowest BCUT2D eigenvalue weighted by Gasteiger charge is -2.16. The molecule has 1 amide bonds. The minimum absolute atomic E-state index is 0.0404. The van der Waals surface area contributed by atoms with Crippen LogP contribution in [0, 0.1) is 0 Å². The smallest absolute Gasteiger partial charge is 0.373 e. The Bertz CT molecular complexity index is 1420. The fraction of sp³-hybridized carbons (Fsp3) is 0.273. The quantitative estimate of drug-likeness (QED) is 0.410. The zero-order valence-corrected chi connectivity index (χ0v) is 18.8. The summed E-state index contributed by atoms with van der Waals surface area (Å²) in [5.41, 5.74) is 0.174. The molecule has 2 N–H and O–H groups in total. The fourth-order valence-corrected chi connectivity index (χ4v) is 3.78. The summed E-state index contributed by atoms with van der Waals surface area (Å²) in [5, 5.41) is 21.2. The van der Waals surface area contributed by atoms with E-state index < -0.39 is 24.2 Å². The fourth-order valence-electron chi connectivity index (χ4n) is 3.78. The van der Waals surface area contributed by atoms with E-state index in [0.717, 1.165) is 4.68 Å². The third-order valence-electron chi connectivity index (χ3n) is 5.59. The van der Waals surface area contributed by atoms with Gasteiger partial charge in [0.2, 0.25) is 11.5 Å². The van der Waals surface area contributed by atoms with Crippen molar-refractivity contribution in [3.8, 4) is 22.8 Å². The molecule has 14 heteroatoms. The molecular weight excluding hydrogens is 481 g/mol. The SMILES string of the molecule is CN1CCC(O)(c2cc(-c3cccc(-c4ccnc(Nc5cnn(CC(F)(F)F)c5)n4)n3)no2)C1=O. The van der Waals surface area contributed by atoms with Crippen molar-refractivity contribution < 1.29 is 27.6 Å². The molecule has 0 aromatic carbocycles. The van der Waals surface area contributed by atoms with Crippen LogP contribution in [0.4, 0.5) is 24.8 Å². The first-order valence-corrected chi connectivity index (χ1v) is 10.7. The largest absolute Gasteiger partial charge is 0.408 e. The Labute approximate surface area is 201 Å². The first-order chi connectivity index (χ1) is 17.1. The Kier molecular flexibility index (Phi) is 5.67. The molecule has 1 aliphatic rings. The van der Waals surface area contributed by atoms with Gasteiger partial charge in [0.05, 0.1) is 29.0 Å². The summed E-state index contributed by atoms with van der Waals surface area (Å²) >= 11 is 0. The molecular formula is C22H19F3N8O3. The van der Waals surface area contributed by atoms with E-state index in [1.54, 1.807) is 31.3 Å². The summed E-state index contributed by atoms with van der Waals surface area (Å²) in [6, 6.07) is 8.23. The van der Waals surface area contributed by atoms with E-state index in [1.807, 2.05) is 0 Å². The lowest BCUT2D eigenvalue weighted by atomic mass is 9.98. The molecule has 1 saturated heterocycles. The van der Waals surface area contributed by atoms with Crippen molar-refractivity contribution >= 4 is 17.5 Å². The summed E-state index contributed by atoms with van der Waals surface area (Å²) in [5.74, 6) is -0.281. The molecule has 1 unspecified atom stereocenters. The second-order valence-corrected chi connectivity index (χ2v) is 8.25. The summed E-state index contributed by atoms with van der Waals surface area (Å²) in [6.07, 6.45) is -0.280. The van der Waals surface area contributed by atoms with Gasteiger partial charge in [-0.2, -0.15) is 18.3 Å².